The lowest BCUT2D eigenvalue weighted by Gasteiger charge is -2.33. The molecule has 1 aromatic rings. The van der Waals surface area contributed by atoms with Crippen molar-refractivity contribution in [2.45, 2.75) is 32.3 Å². The molecule has 1 aromatic carbocycles. The number of nitrogens with zero attached hydrogens (tertiary/aromatic N) is 2. The number of carbonyl (C=O) groups excluding carboxylic acids is 1. The van der Waals surface area contributed by atoms with Crippen LogP contribution >= 0.6 is 0 Å². The van der Waals surface area contributed by atoms with Crippen molar-refractivity contribution in [1.82, 2.24) is 15.1 Å². The van der Waals surface area contributed by atoms with Gasteiger partial charge in [0.15, 0.2) is 0 Å². The molecule has 0 aromatic heterocycles. The zero-order chi connectivity index (χ0) is 16.8. The van der Waals surface area contributed by atoms with Crippen molar-refractivity contribution >= 4 is 5.91 Å². The van der Waals surface area contributed by atoms with Gasteiger partial charge >= 0.3 is 0 Å². The Morgan fingerprint density at radius 3 is 2.46 bits per heavy atom. The van der Waals surface area contributed by atoms with Gasteiger partial charge in [0.1, 0.15) is 11.9 Å². The number of nitrogens with one attached hydrogen (secondary N) is 1. The van der Waals surface area contributed by atoms with E-state index in [9.17, 15) is 4.79 Å². The van der Waals surface area contributed by atoms with E-state index in [0.29, 0.717) is 18.4 Å². The van der Waals surface area contributed by atoms with Gasteiger partial charge in [0, 0.05) is 52.2 Å². The van der Waals surface area contributed by atoms with Gasteiger partial charge in [0.2, 0.25) is 5.91 Å². The highest BCUT2D eigenvalue weighted by molar-refractivity contribution is 5.76. The summed E-state index contributed by atoms with van der Waals surface area (Å²) in [5.41, 5.74) is 1.26. The summed E-state index contributed by atoms with van der Waals surface area (Å²) < 4.78 is 6.07. The molecule has 1 amide bonds. The molecule has 2 aliphatic heterocycles. The number of amides is 1. The van der Waals surface area contributed by atoms with Crippen molar-refractivity contribution in [1.29, 1.82) is 0 Å². The highest BCUT2D eigenvalue weighted by atomic mass is 16.5. The van der Waals surface area contributed by atoms with Gasteiger partial charge in [-0.05, 0) is 31.9 Å². The van der Waals surface area contributed by atoms with E-state index in [4.69, 9.17) is 4.74 Å². The zero-order valence-electron chi connectivity index (χ0n) is 14.7. The number of ether oxygens (including phenoxy) is 1. The van der Waals surface area contributed by atoms with Gasteiger partial charge < -0.3 is 19.9 Å². The van der Waals surface area contributed by atoms with Crippen LogP contribution in [-0.2, 0) is 4.79 Å². The van der Waals surface area contributed by atoms with Crippen LogP contribution in [0.2, 0.25) is 0 Å². The number of rotatable bonds is 5. The Labute approximate surface area is 145 Å². The quantitative estimate of drug-likeness (QED) is 0.891. The van der Waals surface area contributed by atoms with Crippen molar-refractivity contribution in [3.8, 4) is 5.75 Å². The third-order valence-electron chi connectivity index (χ3n) is 4.97. The standard InChI is InChI=1S/C19H29N3O2/c1-16-2-4-17(5-3-16)24-18-6-11-21(12-7-18)13-8-19(23)22-14-9-20-10-15-22/h2-5,18,20H,6-15H2,1H3. The van der Waals surface area contributed by atoms with Crippen LogP contribution in [0.15, 0.2) is 24.3 Å². The maximum Gasteiger partial charge on any atom is 0.223 e. The fraction of sp³-hybridized carbons (Fsp3) is 0.632. The Morgan fingerprint density at radius 1 is 1.12 bits per heavy atom. The number of hydrogen-bond acceptors (Lipinski definition) is 4. The zero-order valence-corrected chi connectivity index (χ0v) is 14.7. The maximum absolute atomic E-state index is 12.2. The Morgan fingerprint density at radius 2 is 1.79 bits per heavy atom. The van der Waals surface area contributed by atoms with Crippen LogP contribution in [0.5, 0.6) is 5.75 Å². The van der Waals surface area contributed by atoms with Crippen molar-refractivity contribution in [2.75, 3.05) is 45.8 Å². The van der Waals surface area contributed by atoms with Gasteiger partial charge in [-0.15, -0.1) is 0 Å². The van der Waals surface area contributed by atoms with Crippen LogP contribution in [0.25, 0.3) is 0 Å². The summed E-state index contributed by atoms with van der Waals surface area (Å²) in [6.07, 6.45) is 3.02. The minimum atomic E-state index is 0.299. The van der Waals surface area contributed by atoms with Gasteiger partial charge in [0.05, 0.1) is 0 Å². The molecule has 0 radical (unpaired) electrons. The molecule has 2 fully saturated rings. The van der Waals surface area contributed by atoms with Crippen molar-refractivity contribution < 1.29 is 9.53 Å². The normalized spacial score (nSPS) is 20.1. The summed E-state index contributed by atoms with van der Waals surface area (Å²) >= 11 is 0. The minimum Gasteiger partial charge on any atom is -0.490 e. The van der Waals surface area contributed by atoms with Crippen LogP contribution in [-0.4, -0.2) is 67.6 Å². The smallest absolute Gasteiger partial charge is 0.223 e. The number of aryl methyl sites for hydroxylation is 1. The van der Waals surface area contributed by atoms with Gasteiger partial charge in [-0.25, -0.2) is 0 Å². The molecule has 0 bridgehead atoms. The van der Waals surface area contributed by atoms with Crippen LogP contribution < -0.4 is 10.1 Å². The first-order chi connectivity index (χ1) is 11.7. The molecule has 132 valence electrons. The van der Waals surface area contributed by atoms with E-state index >= 15 is 0 Å². The maximum atomic E-state index is 12.2. The summed E-state index contributed by atoms with van der Waals surface area (Å²) in [4.78, 5) is 16.6. The van der Waals surface area contributed by atoms with E-state index in [2.05, 4.69) is 29.3 Å². The van der Waals surface area contributed by atoms with Gasteiger partial charge in [-0.1, -0.05) is 17.7 Å². The number of benzene rings is 1. The van der Waals surface area contributed by atoms with E-state index in [1.54, 1.807) is 0 Å². The molecule has 5 heteroatoms. The predicted molar refractivity (Wildman–Crippen MR) is 95.3 cm³/mol. The Hall–Kier alpha value is -1.59. The van der Waals surface area contributed by atoms with E-state index < -0.39 is 0 Å². The van der Waals surface area contributed by atoms with E-state index in [0.717, 1.165) is 64.4 Å². The molecule has 1 N–H and O–H groups in total. The summed E-state index contributed by atoms with van der Waals surface area (Å²) in [6.45, 7) is 8.55. The summed E-state index contributed by atoms with van der Waals surface area (Å²) in [5.74, 6) is 1.27. The molecular weight excluding hydrogens is 302 g/mol. The van der Waals surface area contributed by atoms with E-state index in [-0.39, 0.29) is 0 Å². The van der Waals surface area contributed by atoms with E-state index in [1.807, 2.05) is 17.0 Å². The fourth-order valence-electron chi connectivity index (χ4n) is 3.39. The lowest BCUT2D eigenvalue weighted by molar-refractivity contribution is -0.132. The van der Waals surface area contributed by atoms with Gasteiger partial charge in [-0.2, -0.15) is 0 Å². The lowest BCUT2D eigenvalue weighted by atomic mass is 10.1. The summed E-state index contributed by atoms with van der Waals surface area (Å²) in [6, 6.07) is 8.28. The lowest BCUT2D eigenvalue weighted by Crippen LogP contribution is -2.47. The molecule has 0 atom stereocenters. The van der Waals surface area contributed by atoms with Crippen LogP contribution in [0.4, 0.5) is 0 Å². The van der Waals surface area contributed by atoms with Crippen LogP contribution in [0.1, 0.15) is 24.8 Å². The Balaban J connectivity index is 1.35. The SMILES string of the molecule is Cc1ccc(OC2CCN(CCC(=O)N3CCNCC3)CC2)cc1. The highest BCUT2D eigenvalue weighted by Gasteiger charge is 2.22. The van der Waals surface area contributed by atoms with Crippen molar-refractivity contribution in [2.24, 2.45) is 0 Å². The van der Waals surface area contributed by atoms with Crippen molar-refractivity contribution in [3.63, 3.8) is 0 Å². The average Bonchev–Trinajstić information content (AvgIpc) is 2.63. The first-order valence-electron chi connectivity index (χ1n) is 9.15. The second-order valence-electron chi connectivity index (χ2n) is 6.85. The molecular formula is C19H29N3O2. The largest absolute Gasteiger partial charge is 0.490 e. The third-order valence-corrected chi connectivity index (χ3v) is 4.97. The van der Waals surface area contributed by atoms with Crippen LogP contribution in [0.3, 0.4) is 0 Å². The predicted octanol–water partition coefficient (Wildman–Crippen LogP) is 1.66. The molecule has 24 heavy (non-hydrogen) atoms. The topological polar surface area (TPSA) is 44.8 Å². The second kappa shape index (κ2) is 8.49. The molecule has 3 rings (SSSR count). The number of carbonyl (C=O) groups is 1. The molecule has 2 saturated heterocycles. The number of piperazine rings is 1. The Bertz CT molecular complexity index is 518. The number of piperidine rings is 1. The molecule has 0 aliphatic carbocycles. The number of likely N-dealkylation sites (tertiary alicyclic amines) is 1. The van der Waals surface area contributed by atoms with Gasteiger partial charge in [0.25, 0.3) is 0 Å². The highest BCUT2D eigenvalue weighted by Crippen LogP contribution is 2.19. The summed E-state index contributed by atoms with van der Waals surface area (Å²) in [5, 5.41) is 3.28. The first kappa shape index (κ1) is 17.2. The third kappa shape index (κ3) is 4.95. The van der Waals surface area contributed by atoms with Gasteiger partial charge in [-0.3, -0.25) is 4.79 Å². The molecule has 2 heterocycles. The molecule has 0 unspecified atom stereocenters. The van der Waals surface area contributed by atoms with Crippen LogP contribution in [0, 0.1) is 6.92 Å². The first-order valence-corrected chi connectivity index (χ1v) is 9.15. The number of hydrogen-bond donors (Lipinski definition) is 1. The molecule has 0 spiro atoms. The summed E-state index contributed by atoms with van der Waals surface area (Å²) in [7, 11) is 0. The second-order valence-corrected chi connectivity index (χ2v) is 6.85. The Kier molecular flexibility index (Phi) is 6.10. The molecule has 2 aliphatic rings. The fourth-order valence-corrected chi connectivity index (χ4v) is 3.39. The monoisotopic (exact) mass is 331 g/mol. The van der Waals surface area contributed by atoms with E-state index in [1.165, 1.54) is 5.56 Å². The van der Waals surface area contributed by atoms with Crippen molar-refractivity contribution in [3.05, 3.63) is 29.8 Å². The molecule has 0 saturated carbocycles. The minimum absolute atomic E-state index is 0.299. The molecule has 5 nitrogen and oxygen atoms in total. The average molecular weight is 331 g/mol.